The fraction of sp³-hybridized carbons (Fsp3) is 0.619. The van der Waals surface area contributed by atoms with Gasteiger partial charge in [0.25, 0.3) is 5.91 Å². The van der Waals surface area contributed by atoms with Crippen LogP contribution in [0.1, 0.15) is 64.0 Å². The van der Waals surface area contributed by atoms with Crippen LogP contribution < -0.4 is 21.1 Å². The maximum absolute atomic E-state index is 12.7. The van der Waals surface area contributed by atoms with Gasteiger partial charge in [-0.3, -0.25) is 9.59 Å². The number of carbonyl (C=O) groups excluding carboxylic acids is 2. The normalized spacial score (nSPS) is 25.2. The largest absolute Gasteiger partial charge is 0.484 e. The highest BCUT2D eigenvalue weighted by molar-refractivity contribution is 5.85. The first kappa shape index (κ1) is 22.5. The van der Waals surface area contributed by atoms with E-state index in [2.05, 4.69) is 10.6 Å². The molecular weight excluding hydrogens is 378 g/mol. The predicted octanol–water partition coefficient (Wildman–Crippen LogP) is 2.85. The van der Waals surface area contributed by atoms with Crippen LogP contribution in [-0.4, -0.2) is 30.0 Å². The average Bonchev–Trinajstić information content (AvgIpc) is 3.43. The lowest BCUT2D eigenvalue weighted by Gasteiger charge is -2.37. The van der Waals surface area contributed by atoms with Crippen LogP contribution in [-0.2, 0) is 9.59 Å². The first-order valence-corrected chi connectivity index (χ1v) is 9.96. The summed E-state index contributed by atoms with van der Waals surface area (Å²) in [7, 11) is 0. The molecule has 28 heavy (non-hydrogen) atoms. The fourth-order valence-corrected chi connectivity index (χ4v) is 3.68. The Labute approximate surface area is 173 Å². The molecule has 0 bridgehead atoms. The van der Waals surface area contributed by atoms with Crippen molar-refractivity contribution in [1.82, 2.24) is 10.6 Å². The van der Waals surface area contributed by atoms with Crippen LogP contribution in [0.15, 0.2) is 24.3 Å². The third-order valence-corrected chi connectivity index (χ3v) is 5.62. The highest BCUT2D eigenvalue weighted by Gasteiger charge is 2.38. The molecule has 2 aliphatic carbocycles. The molecule has 0 spiro atoms. The Balaban J connectivity index is 0.00000280. The summed E-state index contributed by atoms with van der Waals surface area (Å²) in [4.78, 5) is 24.3. The quantitative estimate of drug-likeness (QED) is 0.645. The topological polar surface area (TPSA) is 93.5 Å². The summed E-state index contributed by atoms with van der Waals surface area (Å²) >= 11 is 0. The number of hydrogen-bond donors (Lipinski definition) is 3. The van der Waals surface area contributed by atoms with Gasteiger partial charge in [-0.1, -0.05) is 25.0 Å². The Morgan fingerprint density at radius 3 is 2.50 bits per heavy atom. The second kappa shape index (κ2) is 9.61. The van der Waals surface area contributed by atoms with Gasteiger partial charge >= 0.3 is 0 Å². The summed E-state index contributed by atoms with van der Waals surface area (Å²) in [6.07, 6.45) is 6.01. The molecule has 7 heteroatoms. The highest BCUT2D eigenvalue weighted by atomic mass is 35.5. The molecule has 0 saturated heterocycles. The van der Waals surface area contributed by atoms with Gasteiger partial charge < -0.3 is 21.1 Å². The second-order valence-electron chi connectivity index (χ2n) is 8.23. The van der Waals surface area contributed by atoms with E-state index >= 15 is 0 Å². The SMILES string of the molecule is CC(NC(=O)C1CCCCC1(C)N)c1ccc(OCC(=O)NC2CC2)cc1.Cl. The van der Waals surface area contributed by atoms with E-state index in [1.807, 2.05) is 38.1 Å². The number of amides is 2. The molecule has 2 saturated carbocycles. The molecule has 2 fully saturated rings. The molecule has 1 aromatic rings. The number of hydrogen-bond acceptors (Lipinski definition) is 4. The third kappa shape index (κ3) is 6.11. The van der Waals surface area contributed by atoms with E-state index in [0.29, 0.717) is 11.8 Å². The summed E-state index contributed by atoms with van der Waals surface area (Å²) in [5, 5.41) is 5.99. The predicted molar refractivity (Wildman–Crippen MR) is 111 cm³/mol. The minimum Gasteiger partial charge on any atom is -0.484 e. The first-order chi connectivity index (χ1) is 12.8. The van der Waals surface area contributed by atoms with Gasteiger partial charge in [0, 0.05) is 11.6 Å². The van der Waals surface area contributed by atoms with Crippen LogP contribution in [0.3, 0.4) is 0 Å². The number of benzene rings is 1. The number of nitrogens with one attached hydrogen (secondary N) is 2. The van der Waals surface area contributed by atoms with E-state index < -0.39 is 5.54 Å². The van der Waals surface area contributed by atoms with Gasteiger partial charge in [-0.15, -0.1) is 12.4 Å². The van der Waals surface area contributed by atoms with Crippen molar-refractivity contribution in [2.45, 2.75) is 70.0 Å². The molecule has 3 atom stereocenters. The van der Waals surface area contributed by atoms with E-state index in [4.69, 9.17) is 10.5 Å². The number of nitrogens with two attached hydrogens (primary N) is 1. The Morgan fingerprint density at radius 2 is 1.89 bits per heavy atom. The van der Waals surface area contributed by atoms with Crippen LogP contribution in [0.25, 0.3) is 0 Å². The van der Waals surface area contributed by atoms with E-state index in [1.54, 1.807) is 0 Å². The molecule has 3 unspecified atom stereocenters. The van der Waals surface area contributed by atoms with E-state index in [0.717, 1.165) is 44.1 Å². The highest BCUT2D eigenvalue weighted by Crippen LogP contribution is 2.32. The minimum atomic E-state index is -0.430. The van der Waals surface area contributed by atoms with E-state index in [1.165, 1.54) is 0 Å². The van der Waals surface area contributed by atoms with Crippen molar-refractivity contribution in [2.75, 3.05) is 6.61 Å². The zero-order chi connectivity index (χ0) is 19.4. The maximum atomic E-state index is 12.7. The van der Waals surface area contributed by atoms with Crippen molar-refractivity contribution >= 4 is 24.2 Å². The summed E-state index contributed by atoms with van der Waals surface area (Å²) in [5.74, 6) is 0.454. The Bertz CT molecular complexity index is 674. The van der Waals surface area contributed by atoms with Crippen LogP contribution in [0.5, 0.6) is 5.75 Å². The lowest BCUT2D eigenvalue weighted by molar-refractivity contribution is -0.128. The lowest BCUT2D eigenvalue weighted by Crippen LogP contribution is -2.53. The molecule has 3 rings (SSSR count). The standard InChI is InChI=1S/C21H31N3O3.ClH/c1-14(23-20(26)18-5-3-4-12-21(18,2)22)15-6-10-17(11-7-15)27-13-19(25)24-16-8-9-16;/h6-7,10-11,14,16,18H,3-5,8-9,12-13,22H2,1-2H3,(H,23,26)(H,24,25);1H. The third-order valence-electron chi connectivity index (χ3n) is 5.62. The smallest absolute Gasteiger partial charge is 0.258 e. The fourth-order valence-electron chi connectivity index (χ4n) is 3.68. The van der Waals surface area contributed by atoms with Crippen molar-refractivity contribution in [2.24, 2.45) is 11.7 Å². The molecule has 2 aliphatic rings. The van der Waals surface area contributed by atoms with Crippen molar-refractivity contribution in [3.8, 4) is 5.75 Å². The van der Waals surface area contributed by atoms with Crippen LogP contribution >= 0.6 is 12.4 Å². The average molecular weight is 410 g/mol. The minimum absolute atomic E-state index is 0. The van der Waals surface area contributed by atoms with Gasteiger partial charge in [0.2, 0.25) is 5.91 Å². The van der Waals surface area contributed by atoms with Crippen molar-refractivity contribution in [3.63, 3.8) is 0 Å². The maximum Gasteiger partial charge on any atom is 0.258 e. The van der Waals surface area contributed by atoms with Gasteiger partial charge in [-0.2, -0.15) is 0 Å². The van der Waals surface area contributed by atoms with Crippen LogP contribution in [0, 0.1) is 5.92 Å². The molecule has 6 nitrogen and oxygen atoms in total. The van der Waals surface area contributed by atoms with Gasteiger partial charge in [0.05, 0.1) is 12.0 Å². The first-order valence-electron chi connectivity index (χ1n) is 9.96. The zero-order valence-electron chi connectivity index (χ0n) is 16.7. The number of ether oxygens (including phenoxy) is 1. The molecule has 0 radical (unpaired) electrons. The summed E-state index contributed by atoms with van der Waals surface area (Å²) in [5.41, 5.74) is 6.90. The van der Waals surface area contributed by atoms with Crippen molar-refractivity contribution in [1.29, 1.82) is 0 Å². The molecule has 0 aromatic heterocycles. The molecule has 0 heterocycles. The number of halogens is 1. The van der Waals surface area contributed by atoms with Gasteiger partial charge in [0.1, 0.15) is 5.75 Å². The van der Waals surface area contributed by atoms with Crippen molar-refractivity contribution < 1.29 is 14.3 Å². The molecule has 4 N–H and O–H groups in total. The molecule has 0 aliphatic heterocycles. The monoisotopic (exact) mass is 409 g/mol. The number of carbonyl (C=O) groups is 2. The summed E-state index contributed by atoms with van der Waals surface area (Å²) in [6, 6.07) is 7.73. The molecular formula is C21H32ClN3O3. The van der Waals surface area contributed by atoms with E-state index in [9.17, 15) is 9.59 Å². The summed E-state index contributed by atoms with van der Waals surface area (Å²) < 4.78 is 5.52. The van der Waals surface area contributed by atoms with Crippen molar-refractivity contribution in [3.05, 3.63) is 29.8 Å². The Morgan fingerprint density at radius 1 is 1.21 bits per heavy atom. The lowest BCUT2D eigenvalue weighted by atomic mass is 9.74. The Kier molecular flexibility index (Phi) is 7.72. The molecule has 156 valence electrons. The van der Waals surface area contributed by atoms with E-state index in [-0.39, 0.29) is 42.8 Å². The van der Waals surface area contributed by atoms with Gasteiger partial charge in [-0.05, 0) is 57.2 Å². The number of rotatable bonds is 7. The molecule has 1 aromatic carbocycles. The second-order valence-corrected chi connectivity index (χ2v) is 8.23. The Hall–Kier alpha value is -1.79. The zero-order valence-corrected chi connectivity index (χ0v) is 17.5. The van der Waals surface area contributed by atoms with Crippen LogP contribution in [0.4, 0.5) is 0 Å². The van der Waals surface area contributed by atoms with Gasteiger partial charge in [0.15, 0.2) is 6.61 Å². The van der Waals surface area contributed by atoms with Gasteiger partial charge in [-0.25, -0.2) is 0 Å². The summed E-state index contributed by atoms with van der Waals surface area (Å²) in [6.45, 7) is 3.97. The van der Waals surface area contributed by atoms with Crippen LogP contribution in [0.2, 0.25) is 0 Å². The molecule has 2 amide bonds.